The lowest BCUT2D eigenvalue weighted by molar-refractivity contribution is -0.276. The molecule has 2 amide bonds. The molecule has 4 aromatic carbocycles. The van der Waals surface area contributed by atoms with Gasteiger partial charge in [0.05, 0.1) is 18.8 Å². The number of carbonyl (C=O) groups is 2. The van der Waals surface area contributed by atoms with Crippen LogP contribution in [0, 0.1) is 5.92 Å². The Morgan fingerprint density at radius 2 is 1.48 bits per heavy atom. The molecular formula is C43H51N3O6. The molecule has 5 atom stereocenters. The molecule has 0 unspecified atom stereocenters. The largest absolute Gasteiger partial charge is 0.459 e. The lowest BCUT2D eigenvalue weighted by Crippen LogP contribution is -2.48. The summed E-state index contributed by atoms with van der Waals surface area (Å²) in [6.45, 7) is 10.0. The van der Waals surface area contributed by atoms with E-state index in [0.717, 1.165) is 58.3 Å². The van der Waals surface area contributed by atoms with E-state index < -0.39 is 11.9 Å². The highest BCUT2D eigenvalue weighted by molar-refractivity contribution is 5.76. The maximum Gasteiger partial charge on any atom is 0.323 e. The van der Waals surface area contributed by atoms with E-state index in [1.54, 1.807) is 0 Å². The zero-order valence-corrected chi connectivity index (χ0v) is 30.6. The molecule has 3 N–H and O–H groups in total. The van der Waals surface area contributed by atoms with E-state index in [9.17, 15) is 14.7 Å². The van der Waals surface area contributed by atoms with Crippen LogP contribution in [0.4, 0.5) is 4.79 Å². The van der Waals surface area contributed by atoms with E-state index >= 15 is 0 Å². The minimum atomic E-state index is -0.649. The van der Waals surface area contributed by atoms with Crippen LogP contribution in [0.2, 0.25) is 0 Å². The minimum absolute atomic E-state index is 0.0200. The van der Waals surface area contributed by atoms with Gasteiger partial charge in [0.15, 0.2) is 6.29 Å². The molecule has 2 aliphatic rings. The summed E-state index contributed by atoms with van der Waals surface area (Å²) in [5, 5.41) is 15.5. The van der Waals surface area contributed by atoms with Gasteiger partial charge in [-0.15, -0.1) is 0 Å². The summed E-state index contributed by atoms with van der Waals surface area (Å²) < 4.78 is 19.4. The average molecular weight is 706 g/mol. The van der Waals surface area contributed by atoms with Crippen LogP contribution in [0.3, 0.4) is 0 Å². The SMILES string of the molecule is C[C@H]1[C@@H](CN2CCC[C@H]2C(=O)OC(C)(C)C)O[C@@H](c2cccc(-c3cccc(CNC(=O)NCc4ccccc4)c3)c2)O[C@H]1c1ccc(CO)cc1. The molecule has 2 saturated heterocycles. The van der Waals surface area contributed by atoms with Crippen molar-refractivity contribution in [3.63, 3.8) is 0 Å². The summed E-state index contributed by atoms with van der Waals surface area (Å²) >= 11 is 0. The summed E-state index contributed by atoms with van der Waals surface area (Å²) in [6.07, 6.45) is 0.535. The number of likely N-dealkylation sites (tertiary alicyclic amines) is 1. The molecule has 0 aliphatic carbocycles. The number of esters is 1. The van der Waals surface area contributed by atoms with Gasteiger partial charge in [-0.25, -0.2) is 4.79 Å². The Bertz CT molecular complexity index is 1790. The first-order valence-electron chi connectivity index (χ1n) is 18.3. The fourth-order valence-corrected chi connectivity index (χ4v) is 6.99. The molecular weight excluding hydrogens is 654 g/mol. The van der Waals surface area contributed by atoms with Crippen LogP contribution in [-0.2, 0) is 38.7 Å². The predicted octanol–water partition coefficient (Wildman–Crippen LogP) is 7.44. The van der Waals surface area contributed by atoms with Crippen molar-refractivity contribution in [3.05, 3.63) is 131 Å². The summed E-state index contributed by atoms with van der Waals surface area (Å²) in [4.78, 5) is 27.9. The monoisotopic (exact) mass is 705 g/mol. The van der Waals surface area contributed by atoms with Gasteiger partial charge in [0.2, 0.25) is 0 Å². The van der Waals surface area contributed by atoms with Gasteiger partial charge in [-0.3, -0.25) is 9.69 Å². The number of hydrogen-bond acceptors (Lipinski definition) is 7. The van der Waals surface area contributed by atoms with Gasteiger partial charge < -0.3 is 30.0 Å². The summed E-state index contributed by atoms with van der Waals surface area (Å²) in [5.74, 6) is -0.205. The van der Waals surface area contributed by atoms with Gasteiger partial charge >= 0.3 is 12.0 Å². The Morgan fingerprint density at radius 1 is 0.808 bits per heavy atom. The molecule has 9 heteroatoms. The topological polar surface area (TPSA) is 109 Å². The van der Waals surface area contributed by atoms with Gasteiger partial charge in [-0.2, -0.15) is 0 Å². The summed E-state index contributed by atoms with van der Waals surface area (Å²) in [7, 11) is 0. The standard InChI is InChI=1S/C43H51N3O6/c1-29-38(27-46-22-10-17-37(46)40(48)52-43(2,3)4)50-41(51-39(29)33-20-18-31(28-47)19-21-33)36-16-9-15-35(24-36)34-14-8-13-32(23-34)26-45-42(49)44-25-30-11-6-5-7-12-30/h5-9,11-16,18-21,23-24,29,37-39,41,47H,10,17,22,25-28H2,1-4H3,(H2,44,45,49)/t29-,37-,38+,39+,41+/m0/s1. The molecule has 0 spiro atoms. The predicted molar refractivity (Wildman–Crippen MR) is 201 cm³/mol. The van der Waals surface area contributed by atoms with Crippen molar-refractivity contribution < 1.29 is 28.9 Å². The number of amides is 2. The highest BCUT2D eigenvalue weighted by Crippen LogP contribution is 2.43. The number of aliphatic hydroxyl groups excluding tert-OH is 1. The Balaban J connectivity index is 1.19. The fraction of sp³-hybridized carbons (Fsp3) is 0.395. The summed E-state index contributed by atoms with van der Waals surface area (Å²) in [5.41, 5.74) is 6.22. The first kappa shape index (κ1) is 37.2. The maximum atomic E-state index is 13.2. The van der Waals surface area contributed by atoms with Crippen LogP contribution < -0.4 is 10.6 Å². The molecule has 9 nitrogen and oxygen atoms in total. The molecule has 2 heterocycles. The maximum absolute atomic E-state index is 13.2. The highest BCUT2D eigenvalue weighted by atomic mass is 16.7. The van der Waals surface area contributed by atoms with Gasteiger partial charge in [0, 0.05) is 31.1 Å². The number of nitrogens with zero attached hydrogens (tertiary/aromatic N) is 1. The number of hydrogen-bond donors (Lipinski definition) is 3. The second kappa shape index (κ2) is 16.9. The first-order valence-corrected chi connectivity index (χ1v) is 18.3. The van der Waals surface area contributed by atoms with E-state index in [0.29, 0.717) is 19.6 Å². The molecule has 0 radical (unpaired) electrons. The van der Waals surface area contributed by atoms with E-state index in [1.165, 1.54) is 0 Å². The van der Waals surface area contributed by atoms with Crippen molar-refractivity contribution in [3.8, 4) is 11.1 Å². The van der Waals surface area contributed by atoms with Crippen molar-refractivity contribution in [2.75, 3.05) is 13.1 Å². The fourth-order valence-electron chi connectivity index (χ4n) is 6.99. The van der Waals surface area contributed by atoms with E-state index in [-0.39, 0.29) is 42.8 Å². The second-order valence-electron chi connectivity index (χ2n) is 14.9. The van der Waals surface area contributed by atoms with E-state index in [2.05, 4.69) is 46.7 Å². The third kappa shape index (κ3) is 9.66. The van der Waals surface area contributed by atoms with E-state index in [1.807, 2.05) is 99.6 Å². The third-order valence-corrected chi connectivity index (χ3v) is 9.75. The Labute approximate surface area is 307 Å². The third-order valence-electron chi connectivity index (χ3n) is 9.75. The molecule has 6 rings (SSSR count). The van der Waals surface area contributed by atoms with Crippen molar-refractivity contribution in [2.24, 2.45) is 5.92 Å². The first-order chi connectivity index (χ1) is 25.1. The normalized spacial score (nSPS) is 22.1. The van der Waals surface area contributed by atoms with Gasteiger partial charge in [0.25, 0.3) is 0 Å². The number of urea groups is 1. The molecule has 4 aromatic rings. The van der Waals surface area contributed by atoms with E-state index in [4.69, 9.17) is 14.2 Å². The van der Waals surface area contributed by atoms with Crippen LogP contribution in [0.15, 0.2) is 103 Å². The lowest BCUT2D eigenvalue weighted by atomic mass is 9.89. The number of nitrogens with one attached hydrogen (secondary N) is 2. The zero-order chi connectivity index (χ0) is 36.7. The number of benzene rings is 4. The molecule has 2 aliphatic heterocycles. The Morgan fingerprint density at radius 3 is 2.19 bits per heavy atom. The number of ether oxygens (including phenoxy) is 3. The van der Waals surface area contributed by atoms with Gasteiger partial charge in [-0.05, 0) is 85.7 Å². The highest BCUT2D eigenvalue weighted by Gasteiger charge is 2.42. The molecule has 0 aromatic heterocycles. The number of rotatable bonds is 11. The van der Waals surface area contributed by atoms with Crippen LogP contribution in [-0.4, -0.2) is 52.8 Å². The molecule has 0 bridgehead atoms. The van der Waals surface area contributed by atoms with Gasteiger partial charge in [-0.1, -0.05) is 97.9 Å². The van der Waals surface area contributed by atoms with Gasteiger partial charge in [0.1, 0.15) is 11.6 Å². The van der Waals surface area contributed by atoms with Crippen LogP contribution >= 0.6 is 0 Å². The quantitative estimate of drug-likeness (QED) is 0.139. The van der Waals surface area contributed by atoms with Crippen LogP contribution in [0.1, 0.15) is 80.7 Å². The zero-order valence-electron chi connectivity index (χ0n) is 30.6. The smallest absolute Gasteiger partial charge is 0.323 e. The number of aliphatic hydroxyl groups is 1. The lowest BCUT2D eigenvalue weighted by Gasteiger charge is -2.43. The van der Waals surface area contributed by atoms with Crippen molar-refractivity contribution in [1.82, 2.24) is 15.5 Å². The molecule has 2 fully saturated rings. The van der Waals surface area contributed by atoms with Crippen LogP contribution in [0.25, 0.3) is 11.1 Å². The second-order valence-corrected chi connectivity index (χ2v) is 14.9. The minimum Gasteiger partial charge on any atom is -0.459 e. The summed E-state index contributed by atoms with van der Waals surface area (Å²) in [6, 6.07) is 33.5. The Hall–Kier alpha value is -4.54. The van der Waals surface area contributed by atoms with Crippen molar-refractivity contribution >= 4 is 12.0 Å². The van der Waals surface area contributed by atoms with Crippen LogP contribution in [0.5, 0.6) is 0 Å². The molecule has 274 valence electrons. The van der Waals surface area contributed by atoms with Crippen molar-refractivity contribution in [2.45, 2.75) is 90.4 Å². The van der Waals surface area contributed by atoms with Crippen molar-refractivity contribution in [1.29, 1.82) is 0 Å². The number of carbonyl (C=O) groups excluding carboxylic acids is 2. The molecule has 52 heavy (non-hydrogen) atoms. The average Bonchev–Trinajstić information content (AvgIpc) is 3.62. The Kier molecular flexibility index (Phi) is 12.1. The molecule has 0 saturated carbocycles.